The molecule has 0 unspecified atom stereocenters. The van der Waals surface area contributed by atoms with E-state index >= 15 is 0 Å². The minimum Gasteiger partial charge on any atom is -0.455 e. The zero-order valence-corrected chi connectivity index (χ0v) is 28.1. The van der Waals surface area contributed by atoms with Gasteiger partial charge in [0.25, 0.3) is 0 Å². The van der Waals surface area contributed by atoms with Crippen molar-refractivity contribution in [3.63, 3.8) is 0 Å². The van der Waals surface area contributed by atoms with Crippen LogP contribution in [0.5, 0.6) is 0 Å². The lowest BCUT2D eigenvalue weighted by molar-refractivity contribution is 0.670. The molecule has 0 saturated carbocycles. The van der Waals surface area contributed by atoms with Crippen molar-refractivity contribution in [2.75, 3.05) is 0 Å². The van der Waals surface area contributed by atoms with Gasteiger partial charge in [0.1, 0.15) is 16.2 Å². The number of benzene rings is 5. The molecule has 0 spiro atoms. The molecule has 0 fully saturated rings. The molecule has 232 valence electrons. The van der Waals surface area contributed by atoms with Gasteiger partial charge in [0.05, 0.1) is 27.5 Å². The monoisotopic (exact) mass is 639 g/mol. The minimum atomic E-state index is 0.299. The summed E-state index contributed by atoms with van der Waals surface area (Å²) in [6.45, 7) is 9.06. The van der Waals surface area contributed by atoms with Gasteiger partial charge < -0.3 is 4.42 Å². The van der Waals surface area contributed by atoms with Crippen LogP contribution in [0, 0.1) is 11.3 Å². The van der Waals surface area contributed by atoms with E-state index in [1.165, 1.54) is 27.0 Å². The maximum absolute atomic E-state index is 10.0. The van der Waals surface area contributed by atoms with Crippen LogP contribution >= 0.6 is 11.3 Å². The summed E-state index contributed by atoms with van der Waals surface area (Å²) in [5.74, 6) is 0.598. The van der Waals surface area contributed by atoms with E-state index < -0.39 is 0 Å². The standard InChI is InChI=1S/C43H33N3OS/c1-25(2)34-21-30(43-46-36-15-8-9-16-38(36)48-43)22-35(26(3)4)40(34)28-19-20-45-37(23-28)33-14-10-13-31-32-18-17-29(24-44)39(42(32)47-41(31)33)27-11-6-5-7-12-27/h5-23,25-26H,1-4H3. The van der Waals surface area contributed by atoms with E-state index in [9.17, 15) is 5.26 Å². The van der Waals surface area contributed by atoms with Crippen molar-refractivity contribution in [3.8, 4) is 50.2 Å². The Morgan fingerprint density at radius 2 is 1.40 bits per heavy atom. The molecule has 5 heteroatoms. The molecule has 0 radical (unpaired) electrons. The molecule has 4 nitrogen and oxygen atoms in total. The third-order valence-corrected chi connectivity index (χ3v) is 10.2. The first kappa shape index (κ1) is 29.8. The fourth-order valence-corrected chi connectivity index (χ4v) is 7.79. The van der Waals surface area contributed by atoms with E-state index in [4.69, 9.17) is 14.4 Å². The summed E-state index contributed by atoms with van der Waals surface area (Å²) in [5.41, 5.74) is 12.8. The van der Waals surface area contributed by atoms with Crippen LogP contribution in [0.25, 0.3) is 76.2 Å². The molecule has 0 N–H and O–H groups in total. The summed E-state index contributed by atoms with van der Waals surface area (Å²) >= 11 is 1.75. The zero-order valence-electron chi connectivity index (χ0n) is 27.3. The highest BCUT2D eigenvalue weighted by atomic mass is 32.1. The van der Waals surface area contributed by atoms with Gasteiger partial charge in [-0.1, -0.05) is 82.3 Å². The largest absolute Gasteiger partial charge is 0.455 e. The average Bonchev–Trinajstić information content (AvgIpc) is 3.73. The molecule has 0 bridgehead atoms. The number of fused-ring (bicyclic) bond motifs is 4. The van der Waals surface area contributed by atoms with Gasteiger partial charge in [0.15, 0.2) is 0 Å². The van der Waals surface area contributed by atoms with Gasteiger partial charge in [-0.05, 0) is 94.3 Å². The average molecular weight is 640 g/mol. The smallest absolute Gasteiger partial charge is 0.144 e. The summed E-state index contributed by atoms with van der Waals surface area (Å²) in [5, 5.41) is 13.1. The van der Waals surface area contributed by atoms with Crippen LogP contribution in [0.2, 0.25) is 0 Å². The maximum atomic E-state index is 10.0. The quantitative estimate of drug-likeness (QED) is 0.182. The normalized spacial score (nSPS) is 11.7. The number of nitrogens with zero attached hydrogens (tertiary/aromatic N) is 3. The van der Waals surface area contributed by atoms with Crippen LogP contribution in [0.3, 0.4) is 0 Å². The third-order valence-electron chi connectivity index (χ3n) is 9.16. The minimum absolute atomic E-state index is 0.299. The molecule has 0 aliphatic rings. The van der Waals surface area contributed by atoms with Gasteiger partial charge >= 0.3 is 0 Å². The van der Waals surface area contributed by atoms with Gasteiger partial charge in [-0.3, -0.25) is 4.98 Å². The number of nitriles is 1. The lowest BCUT2D eigenvalue weighted by atomic mass is 9.83. The number of pyridine rings is 1. The lowest BCUT2D eigenvalue weighted by Gasteiger charge is -2.22. The second-order valence-corrected chi connectivity index (χ2v) is 13.9. The molecule has 3 aromatic heterocycles. The first-order valence-electron chi connectivity index (χ1n) is 16.4. The van der Waals surface area contributed by atoms with Gasteiger partial charge in [0.2, 0.25) is 0 Å². The zero-order chi connectivity index (χ0) is 32.9. The Labute approximate surface area is 284 Å². The fourth-order valence-electron chi connectivity index (χ4n) is 6.83. The number of thiazole rings is 1. The SMILES string of the molecule is CC(C)c1cc(-c2nc3ccccc3s2)cc(C(C)C)c1-c1ccnc(-c2cccc3c2oc2c(-c4ccccc4)c(C#N)ccc23)c1. The van der Waals surface area contributed by atoms with Gasteiger partial charge in [-0.15, -0.1) is 11.3 Å². The van der Waals surface area contributed by atoms with Crippen molar-refractivity contribution in [1.29, 1.82) is 5.26 Å². The number of hydrogen-bond acceptors (Lipinski definition) is 5. The topological polar surface area (TPSA) is 62.7 Å². The van der Waals surface area contributed by atoms with Crippen LogP contribution in [0.1, 0.15) is 56.2 Å². The van der Waals surface area contributed by atoms with Gasteiger partial charge in [-0.2, -0.15) is 5.26 Å². The molecule has 3 heterocycles. The summed E-state index contributed by atoms with van der Waals surface area (Å²) in [6.07, 6.45) is 1.91. The summed E-state index contributed by atoms with van der Waals surface area (Å²) in [7, 11) is 0. The van der Waals surface area contributed by atoms with Crippen LogP contribution in [0.15, 0.2) is 120 Å². The number of rotatable bonds is 6. The molecule has 5 aromatic carbocycles. The molecular weight excluding hydrogens is 607 g/mol. The Morgan fingerprint density at radius 3 is 2.12 bits per heavy atom. The molecule has 48 heavy (non-hydrogen) atoms. The highest BCUT2D eigenvalue weighted by Gasteiger charge is 2.22. The van der Waals surface area contributed by atoms with Crippen molar-refractivity contribution >= 4 is 43.5 Å². The van der Waals surface area contributed by atoms with E-state index in [1.54, 1.807) is 11.3 Å². The second-order valence-electron chi connectivity index (χ2n) is 12.9. The number of hydrogen-bond donors (Lipinski definition) is 0. The summed E-state index contributed by atoms with van der Waals surface area (Å²) < 4.78 is 7.93. The summed E-state index contributed by atoms with van der Waals surface area (Å²) in [6, 6.07) is 39.8. The van der Waals surface area contributed by atoms with Crippen molar-refractivity contribution in [3.05, 3.63) is 132 Å². The molecule has 0 aliphatic carbocycles. The first-order chi connectivity index (χ1) is 23.4. The van der Waals surface area contributed by atoms with E-state index in [0.29, 0.717) is 23.0 Å². The number of para-hydroxylation sites is 2. The van der Waals surface area contributed by atoms with Crippen molar-refractivity contribution in [2.45, 2.75) is 39.5 Å². The van der Waals surface area contributed by atoms with Crippen molar-refractivity contribution in [2.24, 2.45) is 0 Å². The van der Waals surface area contributed by atoms with Gasteiger partial charge in [0, 0.05) is 33.7 Å². The molecule has 0 aliphatic heterocycles. The number of aromatic nitrogens is 2. The molecule has 8 rings (SSSR count). The van der Waals surface area contributed by atoms with Crippen LogP contribution in [-0.4, -0.2) is 9.97 Å². The van der Waals surface area contributed by atoms with Crippen molar-refractivity contribution in [1.82, 2.24) is 9.97 Å². The van der Waals surface area contributed by atoms with E-state index in [-0.39, 0.29) is 0 Å². The Balaban J connectivity index is 1.31. The van der Waals surface area contributed by atoms with E-state index in [2.05, 4.69) is 94.4 Å². The Hall–Kier alpha value is -5.57. The predicted molar refractivity (Wildman–Crippen MR) is 199 cm³/mol. The molecular formula is C43H33N3OS. The Morgan fingerprint density at radius 1 is 0.667 bits per heavy atom. The van der Waals surface area contributed by atoms with Crippen molar-refractivity contribution < 1.29 is 4.42 Å². The molecule has 8 aromatic rings. The van der Waals surface area contributed by atoms with Crippen LogP contribution < -0.4 is 0 Å². The lowest BCUT2D eigenvalue weighted by Crippen LogP contribution is -2.02. The first-order valence-corrected chi connectivity index (χ1v) is 17.2. The van der Waals surface area contributed by atoms with Crippen LogP contribution in [-0.2, 0) is 0 Å². The molecule has 0 amide bonds. The summed E-state index contributed by atoms with van der Waals surface area (Å²) in [4.78, 5) is 9.89. The number of furan rings is 1. The molecule has 0 saturated heterocycles. The Kier molecular flexibility index (Phi) is 7.39. The molecule has 0 atom stereocenters. The van der Waals surface area contributed by atoms with Gasteiger partial charge in [-0.25, -0.2) is 4.98 Å². The second kappa shape index (κ2) is 11.9. The highest BCUT2D eigenvalue weighted by Crippen LogP contribution is 2.44. The fraction of sp³-hybridized carbons (Fsp3) is 0.140. The predicted octanol–water partition coefficient (Wildman–Crippen LogP) is 12.4. The maximum Gasteiger partial charge on any atom is 0.144 e. The van der Waals surface area contributed by atoms with E-state index in [1.807, 2.05) is 54.7 Å². The third kappa shape index (κ3) is 4.97. The highest BCUT2D eigenvalue weighted by molar-refractivity contribution is 7.21. The van der Waals surface area contributed by atoms with Crippen LogP contribution in [0.4, 0.5) is 0 Å². The Bertz CT molecular complexity index is 2470. The van der Waals surface area contributed by atoms with E-state index in [0.717, 1.165) is 54.8 Å².